The largest absolute Gasteiger partial charge is 0.573 e. The molecule has 1 saturated heterocycles. The Morgan fingerprint density at radius 2 is 1.77 bits per heavy atom. The number of nitrogens with zero attached hydrogens (tertiary/aromatic N) is 3. The van der Waals surface area contributed by atoms with Crippen LogP contribution in [-0.2, 0) is 29.2 Å². The number of aliphatic hydroxyl groups is 2. The molecule has 2 aromatic heterocycles. The summed E-state index contributed by atoms with van der Waals surface area (Å²) in [6.45, 7) is -1.57. The van der Waals surface area contributed by atoms with E-state index in [-0.39, 0.29) is 16.7 Å². The van der Waals surface area contributed by atoms with Gasteiger partial charge in [0, 0.05) is 23.7 Å². The van der Waals surface area contributed by atoms with Crippen LogP contribution in [0.2, 0.25) is 0 Å². The van der Waals surface area contributed by atoms with E-state index < -0.39 is 76.7 Å². The van der Waals surface area contributed by atoms with E-state index in [1.807, 2.05) is 0 Å². The molecule has 3 heterocycles. The Morgan fingerprint density at radius 1 is 1.07 bits per heavy atom. The maximum absolute atomic E-state index is 13.1. The highest BCUT2D eigenvalue weighted by atomic mass is 31.3. The average molecular weight is 619 g/mol. The molecule has 0 amide bonds. The molecule has 4 rings (SSSR count). The van der Waals surface area contributed by atoms with Crippen molar-refractivity contribution in [1.82, 2.24) is 14.3 Å². The maximum atomic E-state index is 13.1. The van der Waals surface area contributed by atoms with E-state index in [4.69, 9.17) is 19.0 Å². The fraction of sp³-hybridized carbons (Fsp3) is 0.389. The van der Waals surface area contributed by atoms with Crippen LogP contribution >= 0.6 is 15.6 Å². The van der Waals surface area contributed by atoms with E-state index in [0.29, 0.717) is 9.13 Å². The zero-order valence-corrected chi connectivity index (χ0v) is 21.2. The summed E-state index contributed by atoms with van der Waals surface area (Å²) in [6, 6.07) is 3.91. The van der Waals surface area contributed by atoms with E-state index in [9.17, 15) is 47.0 Å². The van der Waals surface area contributed by atoms with E-state index in [0.717, 1.165) is 30.5 Å². The van der Waals surface area contributed by atoms with Gasteiger partial charge in [-0.2, -0.15) is 4.31 Å². The first-order chi connectivity index (χ1) is 18.4. The molecule has 1 aliphatic heterocycles. The number of fused-ring (bicyclic) bond motifs is 1. The van der Waals surface area contributed by atoms with E-state index in [1.54, 1.807) is 0 Å². The lowest BCUT2D eigenvalue weighted by Crippen LogP contribution is -2.43. The molecular formula is C18H18F3N3O14P2. The van der Waals surface area contributed by atoms with Gasteiger partial charge in [-0.25, -0.2) is 13.9 Å². The highest BCUT2D eigenvalue weighted by molar-refractivity contribution is 7.60. The molecule has 40 heavy (non-hydrogen) atoms. The Bertz CT molecular complexity index is 1610. The quantitative estimate of drug-likeness (QED) is 0.197. The van der Waals surface area contributed by atoms with Gasteiger partial charge in [0.1, 0.15) is 29.8 Å². The van der Waals surface area contributed by atoms with Crippen LogP contribution in [-0.4, -0.2) is 70.5 Å². The Labute approximate surface area is 218 Å². The molecule has 5 N–H and O–H groups in total. The minimum Gasteiger partial charge on any atom is -0.406 e. The molecule has 3 aromatic rings. The number of rotatable bonds is 9. The summed E-state index contributed by atoms with van der Waals surface area (Å²) in [7, 11) is -10.8. The van der Waals surface area contributed by atoms with Crippen molar-refractivity contribution in [2.45, 2.75) is 37.4 Å². The van der Waals surface area contributed by atoms with Crippen molar-refractivity contribution in [3.8, 4) is 5.75 Å². The first-order valence-electron chi connectivity index (χ1n) is 10.7. The Hall–Kier alpha value is -2.90. The predicted molar refractivity (Wildman–Crippen MR) is 120 cm³/mol. The van der Waals surface area contributed by atoms with Crippen LogP contribution in [0, 0.1) is 0 Å². The van der Waals surface area contributed by atoms with Crippen LogP contribution in [0.4, 0.5) is 13.2 Å². The van der Waals surface area contributed by atoms with Gasteiger partial charge in [0.25, 0.3) is 5.56 Å². The van der Waals surface area contributed by atoms with Crippen molar-refractivity contribution in [3.63, 3.8) is 0 Å². The minimum absolute atomic E-state index is 0.0338. The van der Waals surface area contributed by atoms with Crippen LogP contribution in [0.15, 0.2) is 44.6 Å². The molecule has 0 saturated carbocycles. The molecule has 0 spiro atoms. The summed E-state index contributed by atoms with van der Waals surface area (Å²) < 4.78 is 83.2. The van der Waals surface area contributed by atoms with Crippen molar-refractivity contribution >= 4 is 26.6 Å². The van der Waals surface area contributed by atoms with Gasteiger partial charge in [-0.05, 0) is 12.1 Å². The summed E-state index contributed by atoms with van der Waals surface area (Å²) in [5.41, 5.74) is -2.15. The summed E-state index contributed by atoms with van der Waals surface area (Å²) >= 11 is 0. The van der Waals surface area contributed by atoms with Crippen molar-refractivity contribution in [1.29, 1.82) is 0 Å². The molecule has 5 atom stereocenters. The second-order valence-electron chi connectivity index (χ2n) is 8.15. The van der Waals surface area contributed by atoms with E-state index >= 15 is 0 Å². The number of aromatic nitrogens is 3. The zero-order valence-electron chi connectivity index (χ0n) is 19.4. The van der Waals surface area contributed by atoms with Gasteiger partial charge in [0.05, 0.1) is 13.2 Å². The molecule has 17 nitrogen and oxygen atoms in total. The van der Waals surface area contributed by atoms with Crippen molar-refractivity contribution in [2.24, 2.45) is 0 Å². The number of hydrogen-bond donors (Lipinski definition) is 5. The molecule has 0 aliphatic carbocycles. The Morgan fingerprint density at radius 3 is 2.42 bits per heavy atom. The van der Waals surface area contributed by atoms with Crippen molar-refractivity contribution in [3.05, 3.63) is 57.0 Å². The highest BCUT2D eigenvalue weighted by Crippen LogP contribution is 2.57. The summed E-state index contributed by atoms with van der Waals surface area (Å²) in [5.74, 6) is -0.600. The van der Waals surface area contributed by atoms with Crippen molar-refractivity contribution < 1.29 is 70.0 Å². The van der Waals surface area contributed by atoms with Crippen LogP contribution in [0.25, 0.3) is 11.0 Å². The standard InChI is InChI=1S/C18H18F3N3O14P2/c19-18(20,21)36-8-1-2-9-10(22-37-11(9)5-8)6-24-13(25)3-4-23(17(24)28)16-15(27)14(26)12(35-16)7-34-40(32,33)38-39(29,30)31/h1-5,12,14-16,26-27H,6-7H2,(H,32,33)(H2,29,30,31)/t12-,14+,15?,16-/m1/s1. The van der Waals surface area contributed by atoms with Gasteiger partial charge < -0.3 is 38.9 Å². The third kappa shape index (κ3) is 6.87. The number of aliphatic hydroxyl groups excluding tert-OH is 2. The van der Waals surface area contributed by atoms with Crippen LogP contribution in [0.1, 0.15) is 11.9 Å². The predicted octanol–water partition coefficient (Wildman–Crippen LogP) is -0.0564. The van der Waals surface area contributed by atoms with Gasteiger partial charge in [-0.3, -0.25) is 18.5 Å². The average Bonchev–Trinajstić information content (AvgIpc) is 3.33. The topological polar surface area (TPSA) is 242 Å². The number of alkyl halides is 3. The number of ether oxygens (including phenoxy) is 2. The second kappa shape index (κ2) is 10.8. The fourth-order valence-electron chi connectivity index (χ4n) is 3.72. The third-order valence-electron chi connectivity index (χ3n) is 5.38. The summed E-state index contributed by atoms with van der Waals surface area (Å²) in [4.78, 5) is 52.2. The Kier molecular flexibility index (Phi) is 8.14. The van der Waals surface area contributed by atoms with Crippen LogP contribution in [0.5, 0.6) is 5.75 Å². The normalized spacial score (nSPS) is 23.4. The maximum Gasteiger partial charge on any atom is 0.573 e. The van der Waals surface area contributed by atoms with Gasteiger partial charge >= 0.3 is 27.7 Å². The monoisotopic (exact) mass is 619 g/mol. The fourth-order valence-corrected chi connectivity index (χ4v) is 5.32. The van der Waals surface area contributed by atoms with E-state index in [1.165, 1.54) is 0 Å². The van der Waals surface area contributed by atoms with Crippen LogP contribution < -0.4 is 16.0 Å². The summed E-state index contributed by atoms with van der Waals surface area (Å²) in [6.07, 6.45) is -11.0. The first kappa shape index (κ1) is 30.1. The number of phosphoric acid groups is 2. The highest BCUT2D eigenvalue weighted by Gasteiger charge is 2.46. The lowest BCUT2D eigenvalue weighted by Gasteiger charge is -2.19. The van der Waals surface area contributed by atoms with Gasteiger partial charge in [0.15, 0.2) is 11.8 Å². The zero-order chi connectivity index (χ0) is 29.6. The van der Waals surface area contributed by atoms with Gasteiger partial charge in [0.2, 0.25) is 0 Å². The smallest absolute Gasteiger partial charge is 0.406 e. The molecule has 0 radical (unpaired) electrons. The molecule has 1 aliphatic rings. The van der Waals surface area contributed by atoms with Crippen molar-refractivity contribution in [2.75, 3.05) is 6.61 Å². The molecule has 22 heteroatoms. The molecule has 0 bridgehead atoms. The second-order valence-corrected chi connectivity index (χ2v) is 11.0. The number of benzene rings is 1. The minimum atomic E-state index is -5.44. The molecular weight excluding hydrogens is 601 g/mol. The number of hydrogen-bond acceptors (Lipinski definition) is 12. The lowest BCUT2D eigenvalue weighted by atomic mass is 10.1. The Balaban J connectivity index is 1.55. The van der Waals surface area contributed by atoms with Gasteiger partial charge in [-0.15, -0.1) is 13.2 Å². The third-order valence-corrected chi connectivity index (χ3v) is 7.53. The van der Waals surface area contributed by atoms with Gasteiger partial charge in [-0.1, -0.05) is 5.16 Å². The molecule has 2 unspecified atom stereocenters. The molecule has 220 valence electrons. The summed E-state index contributed by atoms with van der Waals surface area (Å²) in [5, 5.41) is 24.5. The van der Waals surface area contributed by atoms with E-state index in [2.05, 4.69) is 18.7 Å². The molecule has 1 aromatic carbocycles. The first-order valence-corrected chi connectivity index (χ1v) is 13.7. The number of phosphoric ester groups is 1. The lowest BCUT2D eigenvalue weighted by molar-refractivity contribution is -0.274. The molecule has 1 fully saturated rings. The number of halogens is 3. The SMILES string of the molecule is O=c1ccn([C@@H]2O[C@H](COP(=O)(O)OP(=O)(O)O)[C@H](O)C2O)c(=O)n1Cc1noc2cc(OC(F)(F)F)ccc12. The van der Waals surface area contributed by atoms with Crippen LogP contribution in [0.3, 0.4) is 0 Å².